The molecule has 96 valence electrons. The second-order valence-electron chi connectivity index (χ2n) is 4.20. The van der Waals surface area contributed by atoms with Crippen LogP contribution in [0.4, 0.5) is 5.69 Å². The van der Waals surface area contributed by atoms with Crippen LogP contribution in [0.5, 0.6) is 0 Å². The summed E-state index contributed by atoms with van der Waals surface area (Å²) in [6, 6.07) is 1.86. The smallest absolute Gasteiger partial charge is 0.227 e. The maximum absolute atomic E-state index is 12.0. The Morgan fingerprint density at radius 3 is 3.11 bits per heavy atom. The predicted molar refractivity (Wildman–Crippen MR) is 80.6 cm³/mol. The Morgan fingerprint density at radius 1 is 1.67 bits per heavy atom. The van der Waals surface area contributed by atoms with Gasteiger partial charge in [0.05, 0.1) is 9.26 Å². The van der Waals surface area contributed by atoms with Gasteiger partial charge in [0.15, 0.2) is 5.12 Å². The lowest BCUT2D eigenvalue weighted by atomic mass is 10.1. The molecule has 1 aliphatic heterocycles. The molecule has 1 aromatic rings. The lowest BCUT2D eigenvalue weighted by Crippen LogP contribution is -2.25. The first kappa shape index (κ1) is 13.8. The van der Waals surface area contributed by atoms with Gasteiger partial charge in [-0.1, -0.05) is 11.8 Å². The summed E-state index contributed by atoms with van der Waals surface area (Å²) < 4.78 is 0.975. The van der Waals surface area contributed by atoms with E-state index < -0.39 is 0 Å². The minimum absolute atomic E-state index is 0.111. The van der Waals surface area contributed by atoms with Crippen LogP contribution in [-0.4, -0.2) is 28.3 Å². The number of carbonyl (C=O) groups excluding carboxylic acids is 2. The normalized spacial score (nSPS) is 19.3. The third kappa shape index (κ3) is 3.23. The molecule has 4 nitrogen and oxygen atoms in total. The summed E-state index contributed by atoms with van der Waals surface area (Å²) in [6.45, 7) is 2.25. The summed E-state index contributed by atoms with van der Waals surface area (Å²) in [4.78, 5) is 28.8. The van der Waals surface area contributed by atoms with Crippen molar-refractivity contribution in [3.05, 3.63) is 22.0 Å². The van der Waals surface area contributed by atoms with Gasteiger partial charge in [0.2, 0.25) is 5.91 Å². The van der Waals surface area contributed by atoms with Gasteiger partial charge in [-0.05, 0) is 34.6 Å². The third-order valence-corrected chi connectivity index (χ3v) is 4.65. The first-order valence-electron chi connectivity index (χ1n) is 5.61. The Kier molecular flexibility index (Phi) is 4.60. The van der Waals surface area contributed by atoms with Crippen molar-refractivity contribution in [2.75, 3.05) is 17.2 Å². The molecule has 1 aliphatic rings. The molecule has 18 heavy (non-hydrogen) atoms. The number of hydrogen-bond donors (Lipinski definition) is 0. The van der Waals surface area contributed by atoms with Crippen molar-refractivity contribution in [3.63, 3.8) is 0 Å². The molecule has 0 saturated carbocycles. The number of carbonyl (C=O) groups is 2. The van der Waals surface area contributed by atoms with E-state index in [2.05, 4.69) is 27.6 Å². The van der Waals surface area contributed by atoms with E-state index >= 15 is 0 Å². The van der Waals surface area contributed by atoms with E-state index in [0.29, 0.717) is 13.0 Å². The Hall–Kier alpha value is -0.630. The molecular weight excluding hydrogens is 363 g/mol. The van der Waals surface area contributed by atoms with Crippen molar-refractivity contribution in [2.24, 2.45) is 5.92 Å². The molecule has 2 heterocycles. The highest BCUT2D eigenvalue weighted by Crippen LogP contribution is 2.29. The van der Waals surface area contributed by atoms with Gasteiger partial charge in [-0.15, -0.1) is 0 Å². The third-order valence-electron chi connectivity index (χ3n) is 2.77. The van der Waals surface area contributed by atoms with Gasteiger partial charge in [0.25, 0.3) is 0 Å². The number of pyridine rings is 1. The first-order valence-corrected chi connectivity index (χ1v) is 7.67. The average molecular weight is 376 g/mol. The molecule has 0 spiro atoms. The van der Waals surface area contributed by atoms with E-state index in [1.807, 2.05) is 6.07 Å². The Labute approximate surface area is 124 Å². The molecule has 1 aromatic heterocycles. The predicted octanol–water partition coefficient (Wildman–Crippen LogP) is 2.32. The van der Waals surface area contributed by atoms with E-state index in [-0.39, 0.29) is 16.9 Å². The molecule has 0 N–H and O–H groups in total. The summed E-state index contributed by atoms with van der Waals surface area (Å²) in [6.07, 6.45) is 3.97. The zero-order valence-corrected chi connectivity index (χ0v) is 12.9. The summed E-state index contributed by atoms with van der Waals surface area (Å²) in [7, 11) is 0. The fourth-order valence-electron chi connectivity index (χ4n) is 1.95. The lowest BCUT2D eigenvalue weighted by molar-refractivity contribution is -0.117. The van der Waals surface area contributed by atoms with Crippen LogP contribution in [0.1, 0.15) is 13.3 Å². The van der Waals surface area contributed by atoms with Crippen LogP contribution in [0.3, 0.4) is 0 Å². The van der Waals surface area contributed by atoms with E-state index in [4.69, 9.17) is 0 Å². The lowest BCUT2D eigenvalue weighted by Gasteiger charge is -2.17. The number of thioether (sulfide) groups is 1. The molecule has 1 amide bonds. The standard InChI is InChI=1S/C12H13IN2O2S/c1-8(16)18-7-9-4-12(17)15(6-9)11-2-3-14-5-10(11)13/h2-3,5,9H,4,6-7H2,1H3. The summed E-state index contributed by atoms with van der Waals surface area (Å²) >= 11 is 3.48. The van der Waals surface area contributed by atoms with Gasteiger partial charge >= 0.3 is 0 Å². The topological polar surface area (TPSA) is 50.3 Å². The fourth-order valence-corrected chi connectivity index (χ4v) is 3.27. The van der Waals surface area contributed by atoms with Gasteiger partial charge in [-0.2, -0.15) is 0 Å². The van der Waals surface area contributed by atoms with E-state index in [1.165, 1.54) is 11.8 Å². The number of aromatic nitrogens is 1. The van der Waals surface area contributed by atoms with Crippen LogP contribution in [-0.2, 0) is 9.59 Å². The number of hydrogen-bond acceptors (Lipinski definition) is 4. The van der Waals surface area contributed by atoms with Crippen LogP contribution in [0.15, 0.2) is 18.5 Å². The van der Waals surface area contributed by atoms with Crippen molar-refractivity contribution in [3.8, 4) is 0 Å². The molecule has 0 radical (unpaired) electrons. The van der Waals surface area contributed by atoms with E-state index in [0.717, 1.165) is 15.0 Å². The molecule has 0 aromatic carbocycles. The van der Waals surface area contributed by atoms with Crippen molar-refractivity contribution < 1.29 is 9.59 Å². The summed E-state index contributed by atoms with van der Waals surface area (Å²) in [5.41, 5.74) is 0.922. The van der Waals surface area contributed by atoms with Gasteiger partial charge in [-0.3, -0.25) is 14.6 Å². The van der Waals surface area contributed by atoms with Gasteiger partial charge in [0, 0.05) is 38.0 Å². The zero-order chi connectivity index (χ0) is 13.1. The van der Waals surface area contributed by atoms with Crippen molar-refractivity contribution in [1.82, 2.24) is 4.98 Å². The van der Waals surface area contributed by atoms with Gasteiger partial charge in [-0.25, -0.2) is 0 Å². The monoisotopic (exact) mass is 376 g/mol. The SMILES string of the molecule is CC(=O)SCC1CC(=O)N(c2ccncc2I)C1. The average Bonchev–Trinajstić information content (AvgIpc) is 2.69. The molecule has 6 heteroatoms. The van der Waals surface area contributed by atoms with E-state index in [1.54, 1.807) is 24.2 Å². The Balaban J connectivity index is 2.06. The molecule has 1 fully saturated rings. The molecule has 1 atom stereocenters. The quantitative estimate of drug-likeness (QED) is 0.760. The van der Waals surface area contributed by atoms with Crippen LogP contribution in [0.2, 0.25) is 0 Å². The number of halogens is 1. The van der Waals surface area contributed by atoms with Crippen LogP contribution < -0.4 is 4.90 Å². The fraction of sp³-hybridized carbons (Fsp3) is 0.417. The zero-order valence-electron chi connectivity index (χ0n) is 9.93. The minimum Gasteiger partial charge on any atom is -0.311 e. The molecule has 1 unspecified atom stereocenters. The number of rotatable bonds is 3. The minimum atomic E-state index is 0.111. The van der Waals surface area contributed by atoms with Crippen LogP contribution >= 0.6 is 34.4 Å². The number of anilines is 1. The van der Waals surface area contributed by atoms with Gasteiger partial charge < -0.3 is 4.90 Å². The summed E-state index contributed by atoms with van der Waals surface area (Å²) in [5.74, 6) is 1.11. The molecule has 0 aliphatic carbocycles. The molecule has 1 saturated heterocycles. The molecule has 2 rings (SSSR count). The second-order valence-corrected chi connectivity index (χ2v) is 6.56. The maximum Gasteiger partial charge on any atom is 0.227 e. The highest BCUT2D eigenvalue weighted by Gasteiger charge is 2.31. The highest BCUT2D eigenvalue weighted by atomic mass is 127. The number of amides is 1. The van der Waals surface area contributed by atoms with E-state index in [9.17, 15) is 9.59 Å². The maximum atomic E-state index is 12.0. The van der Waals surface area contributed by atoms with Crippen LogP contribution in [0.25, 0.3) is 0 Å². The van der Waals surface area contributed by atoms with Crippen molar-refractivity contribution in [2.45, 2.75) is 13.3 Å². The largest absolute Gasteiger partial charge is 0.311 e. The second kappa shape index (κ2) is 6.01. The van der Waals surface area contributed by atoms with Crippen molar-refractivity contribution in [1.29, 1.82) is 0 Å². The first-order chi connectivity index (χ1) is 8.58. The Bertz CT molecular complexity index is 481. The summed E-state index contributed by atoms with van der Waals surface area (Å²) in [5, 5.41) is 0.111. The highest BCUT2D eigenvalue weighted by molar-refractivity contribution is 14.1. The van der Waals surface area contributed by atoms with Crippen molar-refractivity contribution >= 4 is 51.1 Å². The molecular formula is C12H13IN2O2S. The van der Waals surface area contributed by atoms with Crippen LogP contribution in [0, 0.1) is 9.49 Å². The molecule has 0 bridgehead atoms. The number of nitrogens with zero attached hydrogens (tertiary/aromatic N) is 2. The van der Waals surface area contributed by atoms with Gasteiger partial charge in [0.1, 0.15) is 0 Å². The Morgan fingerprint density at radius 2 is 2.44 bits per heavy atom.